The third kappa shape index (κ3) is 9.71. The second-order valence-corrected chi connectivity index (χ2v) is 8.74. The zero-order valence-electron chi connectivity index (χ0n) is 19.6. The van der Waals surface area contributed by atoms with Crippen LogP contribution in [-0.4, -0.2) is 35.7 Å². The van der Waals surface area contributed by atoms with Crippen molar-refractivity contribution < 1.29 is 37.3 Å². The Labute approximate surface area is 198 Å². The van der Waals surface area contributed by atoms with E-state index in [9.17, 15) is 27.9 Å². The Hall–Kier alpha value is -2.61. The van der Waals surface area contributed by atoms with Crippen LogP contribution >= 0.6 is 0 Å². The third-order valence-corrected chi connectivity index (χ3v) is 5.50. The lowest BCUT2D eigenvalue weighted by Gasteiger charge is -2.19. The summed E-state index contributed by atoms with van der Waals surface area (Å²) in [4.78, 5) is 23.7. The first-order valence-electron chi connectivity index (χ1n) is 11.6. The fourth-order valence-electron chi connectivity index (χ4n) is 3.75. The van der Waals surface area contributed by atoms with Crippen LogP contribution in [0.3, 0.4) is 0 Å². The third-order valence-electron chi connectivity index (χ3n) is 5.50. The van der Waals surface area contributed by atoms with Crippen molar-refractivity contribution in [2.75, 3.05) is 6.61 Å². The molecule has 0 saturated heterocycles. The van der Waals surface area contributed by atoms with Crippen LogP contribution in [0.5, 0.6) is 5.75 Å². The first-order chi connectivity index (χ1) is 16.1. The van der Waals surface area contributed by atoms with Crippen LogP contribution < -0.4 is 4.74 Å². The van der Waals surface area contributed by atoms with Crippen molar-refractivity contribution >= 4 is 11.8 Å². The topological polar surface area (TPSA) is 72.8 Å². The zero-order chi connectivity index (χ0) is 25.1. The van der Waals surface area contributed by atoms with Gasteiger partial charge < -0.3 is 14.6 Å². The largest absolute Gasteiger partial charge is 0.491 e. The lowest BCUT2D eigenvalue weighted by Crippen LogP contribution is -2.21. The van der Waals surface area contributed by atoms with Gasteiger partial charge in [0.05, 0.1) is 17.8 Å². The number of hydrogen-bond acceptors (Lipinski definition) is 5. The summed E-state index contributed by atoms with van der Waals surface area (Å²) in [5.74, 6) is -0.329. The zero-order valence-corrected chi connectivity index (χ0v) is 19.6. The van der Waals surface area contributed by atoms with Gasteiger partial charge in [-0.25, -0.2) is 0 Å². The molecular formula is C26H33F3O5. The second-order valence-electron chi connectivity index (χ2n) is 8.74. The van der Waals surface area contributed by atoms with E-state index < -0.39 is 17.8 Å². The summed E-state index contributed by atoms with van der Waals surface area (Å²) in [6.07, 6.45) is 5.15. The molecule has 1 aromatic carbocycles. The molecule has 8 heteroatoms. The van der Waals surface area contributed by atoms with Crippen molar-refractivity contribution in [1.29, 1.82) is 0 Å². The van der Waals surface area contributed by atoms with Crippen molar-refractivity contribution in [2.24, 2.45) is 11.8 Å². The summed E-state index contributed by atoms with van der Waals surface area (Å²) in [5, 5.41) is 10.2. The van der Waals surface area contributed by atoms with Crippen LogP contribution in [0.1, 0.15) is 57.9 Å². The summed E-state index contributed by atoms with van der Waals surface area (Å²) in [6, 6.07) is 4.54. The van der Waals surface area contributed by atoms with Crippen molar-refractivity contribution in [3.05, 3.63) is 54.1 Å². The number of ketones is 1. The molecule has 0 spiro atoms. The van der Waals surface area contributed by atoms with Gasteiger partial charge in [-0.1, -0.05) is 24.3 Å². The molecule has 1 N–H and O–H groups in total. The summed E-state index contributed by atoms with van der Waals surface area (Å²) >= 11 is 0. The molecule has 0 heterocycles. The number of carbonyl (C=O) groups is 2. The van der Waals surface area contributed by atoms with Crippen LogP contribution in [0.15, 0.2) is 48.6 Å². The van der Waals surface area contributed by atoms with Gasteiger partial charge in [0.2, 0.25) is 0 Å². The van der Waals surface area contributed by atoms with E-state index in [-0.39, 0.29) is 42.0 Å². The molecule has 0 amide bonds. The van der Waals surface area contributed by atoms with Crippen molar-refractivity contribution in [1.82, 2.24) is 0 Å². The van der Waals surface area contributed by atoms with E-state index in [0.717, 1.165) is 18.6 Å². The molecule has 0 saturated carbocycles. The lowest BCUT2D eigenvalue weighted by molar-refractivity contribution is -0.147. The smallest absolute Gasteiger partial charge is 0.416 e. The Morgan fingerprint density at radius 1 is 1.24 bits per heavy atom. The highest BCUT2D eigenvalue weighted by atomic mass is 19.4. The molecule has 0 radical (unpaired) electrons. The monoisotopic (exact) mass is 482 g/mol. The Balaban J connectivity index is 1.71. The molecule has 0 aromatic heterocycles. The maximum Gasteiger partial charge on any atom is 0.416 e. The number of benzene rings is 1. The van der Waals surface area contributed by atoms with Crippen LogP contribution in [-0.2, 0) is 20.5 Å². The standard InChI is InChI=1S/C26H33F3O5/c1-18(2)34-25(32)11-6-4-3-5-10-23-19(13-15-24(23)31)12-14-21(30)17-33-22-9-7-8-20(16-22)26(27,28)29/h3,5,7-9,13,15-16,18-19,21,23,30H,4,6,10-12,14,17H2,1-2H3/b5-3-/t19-,21+,23+/m0/s1. The van der Waals surface area contributed by atoms with Gasteiger partial charge in [-0.05, 0) is 76.1 Å². The van der Waals surface area contributed by atoms with Gasteiger partial charge in [-0.3, -0.25) is 9.59 Å². The van der Waals surface area contributed by atoms with E-state index in [2.05, 4.69) is 0 Å². The predicted octanol–water partition coefficient (Wildman–Crippen LogP) is 5.66. The van der Waals surface area contributed by atoms with Crippen LogP contribution in [0.25, 0.3) is 0 Å². The van der Waals surface area contributed by atoms with Gasteiger partial charge in [-0.2, -0.15) is 13.2 Å². The maximum atomic E-state index is 12.8. The number of allylic oxidation sites excluding steroid dienone is 4. The van der Waals surface area contributed by atoms with E-state index in [1.807, 2.05) is 32.1 Å². The summed E-state index contributed by atoms with van der Waals surface area (Å²) in [5.41, 5.74) is -0.805. The number of aliphatic hydroxyl groups is 1. The molecular weight excluding hydrogens is 449 g/mol. The first kappa shape index (κ1) is 27.6. The second kappa shape index (κ2) is 13.3. The average molecular weight is 483 g/mol. The fraction of sp³-hybridized carbons (Fsp3) is 0.538. The maximum absolute atomic E-state index is 12.8. The summed E-state index contributed by atoms with van der Waals surface area (Å²) in [7, 11) is 0. The highest BCUT2D eigenvalue weighted by Crippen LogP contribution is 2.32. The highest BCUT2D eigenvalue weighted by molar-refractivity contribution is 5.94. The van der Waals surface area contributed by atoms with Gasteiger partial charge in [0.1, 0.15) is 12.4 Å². The van der Waals surface area contributed by atoms with Gasteiger partial charge >= 0.3 is 12.1 Å². The number of carbonyl (C=O) groups excluding carboxylic acids is 2. The molecule has 2 rings (SSSR count). The minimum atomic E-state index is -4.46. The van der Waals surface area contributed by atoms with Crippen molar-refractivity contribution in [3.63, 3.8) is 0 Å². The molecule has 1 aliphatic carbocycles. The van der Waals surface area contributed by atoms with E-state index in [1.165, 1.54) is 12.1 Å². The summed E-state index contributed by atoms with van der Waals surface area (Å²) < 4.78 is 48.8. The van der Waals surface area contributed by atoms with E-state index in [0.29, 0.717) is 32.1 Å². The predicted molar refractivity (Wildman–Crippen MR) is 122 cm³/mol. The first-order valence-corrected chi connectivity index (χ1v) is 11.6. The molecule has 1 aliphatic rings. The minimum Gasteiger partial charge on any atom is -0.491 e. The van der Waals surface area contributed by atoms with Crippen LogP contribution in [0.2, 0.25) is 0 Å². The molecule has 3 atom stereocenters. The number of aliphatic hydroxyl groups excluding tert-OH is 1. The average Bonchev–Trinajstić information content (AvgIpc) is 3.11. The fourth-order valence-corrected chi connectivity index (χ4v) is 3.75. The van der Waals surface area contributed by atoms with E-state index in [1.54, 1.807) is 6.08 Å². The lowest BCUT2D eigenvalue weighted by atomic mass is 9.87. The SMILES string of the molecule is CC(C)OC(=O)CCC/C=C\C[C@H]1C(=O)C=C[C@@H]1CC[C@@H](O)COc1cccc(C(F)(F)F)c1. The number of alkyl halides is 3. The van der Waals surface area contributed by atoms with Crippen LogP contribution in [0.4, 0.5) is 13.2 Å². The highest BCUT2D eigenvalue weighted by Gasteiger charge is 2.31. The molecule has 34 heavy (non-hydrogen) atoms. The number of ether oxygens (including phenoxy) is 2. The number of rotatable bonds is 13. The van der Waals surface area contributed by atoms with Gasteiger partial charge in [0.15, 0.2) is 5.78 Å². The van der Waals surface area contributed by atoms with Crippen molar-refractivity contribution in [2.45, 2.75) is 70.8 Å². The number of hydrogen-bond donors (Lipinski definition) is 1. The number of halogens is 3. The molecule has 0 fully saturated rings. The van der Waals surface area contributed by atoms with Gasteiger partial charge in [0.25, 0.3) is 0 Å². The number of esters is 1. The van der Waals surface area contributed by atoms with E-state index >= 15 is 0 Å². The van der Waals surface area contributed by atoms with Crippen LogP contribution in [0, 0.1) is 11.8 Å². The van der Waals surface area contributed by atoms with Crippen molar-refractivity contribution in [3.8, 4) is 5.75 Å². The Morgan fingerprint density at radius 3 is 2.71 bits per heavy atom. The molecule has 0 unspecified atom stereocenters. The van der Waals surface area contributed by atoms with Gasteiger partial charge in [0, 0.05) is 12.3 Å². The molecule has 0 bridgehead atoms. The Kier molecular flexibility index (Phi) is 10.8. The van der Waals surface area contributed by atoms with E-state index in [4.69, 9.17) is 9.47 Å². The molecule has 5 nitrogen and oxygen atoms in total. The Morgan fingerprint density at radius 2 is 2.00 bits per heavy atom. The van der Waals surface area contributed by atoms with Gasteiger partial charge in [-0.15, -0.1) is 0 Å². The molecule has 0 aliphatic heterocycles. The number of unbranched alkanes of at least 4 members (excludes halogenated alkanes) is 1. The minimum absolute atomic E-state index is 0.0126. The quantitative estimate of drug-likeness (QED) is 0.223. The summed E-state index contributed by atoms with van der Waals surface area (Å²) in [6.45, 7) is 3.49. The molecule has 1 aromatic rings. The molecule has 188 valence electrons. The Bertz CT molecular complexity index is 860. The normalized spacial score (nSPS) is 19.2.